The summed E-state index contributed by atoms with van der Waals surface area (Å²) in [6.45, 7) is 2.59. The van der Waals surface area contributed by atoms with Crippen molar-refractivity contribution >= 4 is 12.0 Å². The van der Waals surface area contributed by atoms with E-state index in [9.17, 15) is 9.18 Å². The highest BCUT2D eigenvalue weighted by atomic mass is 19.1. The van der Waals surface area contributed by atoms with Crippen LogP contribution in [0.5, 0.6) is 0 Å². The Hall–Kier alpha value is -1.68. The second kappa shape index (κ2) is 7.36. The van der Waals surface area contributed by atoms with Gasteiger partial charge in [-0.1, -0.05) is 19.8 Å². The van der Waals surface area contributed by atoms with E-state index in [2.05, 4.69) is 6.92 Å². The summed E-state index contributed by atoms with van der Waals surface area (Å²) in [5.41, 5.74) is 1.27. The van der Waals surface area contributed by atoms with Crippen molar-refractivity contribution in [1.82, 2.24) is 0 Å². The predicted octanol–water partition coefficient (Wildman–Crippen LogP) is 4.02. The largest absolute Gasteiger partial charge is 0.478 e. The molecule has 2 atom stereocenters. The van der Waals surface area contributed by atoms with Gasteiger partial charge in [0.25, 0.3) is 0 Å². The van der Waals surface area contributed by atoms with Crippen molar-refractivity contribution < 1.29 is 19.0 Å². The number of hydrogen-bond donors (Lipinski definition) is 1. The van der Waals surface area contributed by atoms with Crippen molar-refractivity contribution in [2.24, 2.45) is 5.92 Å². The maximum absolute atomic E-state index is 13.5. The number of aliphatic carboxylic acids is 1. The van der Waals surface area contributed by atoms with Gasteiger partial charge in [-0.2, -0.15) is 0 Å². The topological polar surface area (TPSA) is 46.5 Å². The quantitative estimate of drug-likeness (QED) is 0.834. The number of carboxylic acid groups (broad SMARTS) is 1. The Kier molecular flexibility index (Phi) is 5.51. The number of carboxylic acids is 1. The molecule has 1 aromatic rings. The molecule has 21 heavy (non-hydrogen) atoms. The Morgan fingerprint density at radius 2 is 2.24 bits per heavy atom. The first-order valence-electron chi connectivity index (χ1n) is 7.35. The molecule has 0 aromatic heterocycles. The lowest BCUT2D eigenvalue weighted by Crippen LogP contribution is -2.21. The highest BCUT2D eigenvalue weighted by Crippen LogP contribution is 2.26. The van der Waals surface area contributed by atoms with Crippen LogP contribution in [-0.2, 0) is 16.1 Å². The van der Waals surface area contributed by atoms with Crippen LogP contribution in [0.15, 0.2) is 24.3 Å². The zero-order valence-corrected chi connectivity index (χ0v) is 12.2. The van der Waals surface area contributed by atoms with E-state index in [4.69, 9.17) is 9.84 Å². The highest BCUT2D eigenvalue weighted by molar-refractivity contribution is 5.85. The molecule has 2 rings (SSSR count). The second-order valence-corrected chi connectivity index (χ2v) is 5.77. The van der Waals surface area contributed by atoms with E-state index in [0.29, 0.717) is 18.1 Å². The maximum Gasteiger partial charge on any atom is 0.328 e. The van der Waals surface area contributed by atoms with Crippen molar-refractivity contribution in [2.75, 3.05) is 0 Å². The number of hydrogen-bond acceptors (Lipinski definition) is 2. The SMILES string of the molecule is CC1CCCC(OCc2cc(F)cc(C=CC(=O)O)c2)C1. The Morgan fingerprint density at radius 1 is 1.43 bits per heavy atom. The summed E-state index contributed by atoms with van der Waals surface area (Å²) in [6.07, 6.45) is 7.19. The van der Waals surface area contributed by atoms with Crippen LogP contribution in [0, 0.1) is 11.7 Å². The van der Waals surface area contributed by atoms with Crippen molar-refractivity contribution in [1.29, 1.82) is 0 Å². The van der Waals surface area contributed by atoms with Crippen molar-refractivity contribution in [3.63, 3.8) is 0 Å². The minimum absolute atomic E-state index is 0.245. The highest BCUT2D eigenvalue weighted by Gasteiger charge is 2.19. The van der Waals surface area contributed by atoms with E-state index >= 15 is 0 Å². The van der Waals surface area contributed by atoms with Gasteiger partial charge in [0.15, 0.2) is 0 Å². The molecule has 0 heterocycles. The zero-order valence-electron chi connectivity index (χ0n) is 12.2. The van der Waals surface area contributed by atoms with Crippen molar-refractivity contribution in [3.05, 3.63) is 41.2 Å². The summed E-state index contributed by atoms with van der Waals surface area (Å²) in [5, 5.41) is 8.61. The normalized spacial score (nSPS) is 22.6. The molecule has 0 bridgehead atoms. The van der Waals surface area contributed by atoms with Crippen LogP contribution in [0.2, 0.25) is 0 Å². The minimum atomic E-state index is -1.05. The average molecular weight is 292 g/mol. The van der Waals surface area contributed by atoms with Gasteiger partial charge < -0.3 is 9.84 Å². The molecular formula is C17H21FO3. The van der Waals surface area contributed by atoms with E-state index in [1.54, 1.807) is 6.07 Å². The molecule has 0 spiro atoms. The van der Waals surface area contributed by atoms with Crippen LogP contribution in [0.4, 0.5) is 4.39 Å². The molecule has 0 saturated heterocycles. The van der Waals surface area contributed by atoms with Crippen LogP contribution >= 0.6 is 0 Å². The number of halogens is 1. The van der Waals surface area contributed by atoms with E-state index in [1.165, 1.54) is 31.1 Å². The van der Waals surface area contributed by atoms with Gasteiger partial charge in [0, 0.05) is 6.08 Å². The van der Waals surface area contributed by atoms with Crippen LogP contribution in [0.1, 0.15) is 43.7 Å². The molecule has 4 heteroatoms. The first-order chi connectivity index (χ1) is 10.0. The monoisotopic (exact) mass is 292 g/mol. The molecule has 2 unspecified atom stereocenters. The van der Waals surface area contributed by atoms with Crippen LogP contribution in [0.25, 0.3) is 6.08 Å². The molecule has 1 fully saturated rings. The molecular weight excluding hydrogens is 271 g/mol. The van der Waals surface area contributed by atoms with Crippen LogP contribution in [0.3, 0.4) is 0 Å². The fourth-order valence-electron chi connectivity index (χ4n) is 2.77. The standard InChI is InChI=1S/C17H21FO3/c1-12-3-2-4-16(7-12)21-11-14-8-13(5-6-17(19)20)9-15(18)10-14/h5-6,8-10,12,16H,2-4,7,11H2,1H3,(H,19,20). The first-order valence-corrected chi connectivity index (χ1v) is 7.35. The van der Waals surface area contributed by atoms with Gasteiger partial charge in [-0.05, 0) is 54.2 Å². The number of ether oxygens (including phenoxy) is 1. The van der Waals surface area contributed by atoms with Gasteiger partial charge in [-0.15, -0.1) is 0 Å². The fourth-order valence-corrected chi connectivity index (χ4v) is 2.77. The second-order valence-electron chi connectivity index (χ2n) is 5.77. The molecule has 0 aliphatic heterocycles. The third kappa shape index (κ3) is 5.31. The minimum Gasteiger partial charge on any atom is -0.478 e. The zero-order chi connectivity index (χ0) is 15.2. The van der Waals surface area contributed by atoms with E-state index in [0.717, 1.165) is 24.5 Å². The summed E-state index contributed by atoms with van der Waals surface area (Å²) in [5.74, 6) is -0.739. The first kappa shape index (κ1) is 15.7. The van der Waals surface area contributed by atoms with Crippen molar-refractivity contribution in [3.8, 4) is 0 Å². The molecule has 0 radical (unpaired) electrons. The molecule has 1 N–H and O–H groups in total. The van der Waals surface area contributed by atoms with Crippen molar-refractivity contribution in [2.45, 2.75) is 45.3 Å². The summed E-state index contributed by atoms with van der Waals surface area (Å²) in [7, 11) is 0. The summed E-state index contributed by atoms with van der Waals surface area (Å²) in [6, 6.07) is 4.50. The molecule has 1 aliphatic rings. The lowest BCUT2D eigenvalue weighted by Gasteiger charge is -2.26. The lowest BCUT2D eigenvalue weighted by molar-refractivity contribution is -0.131. The van der Waals surface area contributed by atoms with Gasteiger partial charge in [-0.25, -0.2) is 9.18 Å². The van der Waals surface area contributed by atoms with E-state index in [-0.39, 0.29) is 11.9 Å². The third-order valence-corrected chi connectivity index (χ3v) is 3.77. The van der Waals surface area contributed by atoms with Gasteiger partial charge in [0.05, 0.1) is 12.7 Å². The van der Waals surface area contributed by atoms with Gasteiger partial charge >= 0.3 is 5.97 Å². The molecule has 1 saturated carbocycles. The van der Waals surface area contributed by atoms with Gasteiger partial charge in [-0.3, -0.25) is 0 Å². The lowest BCUT2D eigenvalue weighted by atomic mass is 9.89. The number of benzene rings is 1. The summed E-state index contributed by atoms with van der Waals surface area (Å²) in [4.78, 5) is 10.5. The van der Waals surface area contributed by atoms with E-state index in [1.807, 2.05) is 0 Å². The smallest absolute Gasteiger partial charge is 0.328 e. The van der Waals surface area contributed by atoms with E-state index < -0.39 is 5.97 Å². The average Bonchev–Trinajstić information content (AvgIpc) is 2.43. The Balaban J connectivity index is 1.97. The molecule has 1 aliphatic carbocycles. The maximum atomic E-state index is 13.5. The molecule has 3 nitrogen and oxygen atoms in total. The number of rotatable bonds is 5. The van der Waals surface area contributed by atoms with Crippen LogP contribution < -0.4 is 0 Å². The van der Waals surface area contributed by atoms with Crippen LogP contribution in [-0.4, -0.2) is 17.2 Å². The number of carbonyl (C=O) groups is 1. The molecule has 0 amide bonds. The summed E-state index contributed by atoms with van der Waals surface area (Å²) < 4.78 is 19.4. The van der Waals surface area contributed by atoms with Gasteiger partial charge in [0.2, 0.25) is 0 Å². The van der Waals surface area contributed by atoms with Gasteiger partial charge in [0.1, 0.15) is 5.82 Å². The Morgan fingerprint density at radius 3 is 2.95 bits per heavy atom. The predicted molar refractivity (Wildman–Crippen MR) is 79.3 cm³/mol. The Labute approximate surface area is 124 Å². The Bertz CT molecular complexity index is 525. The molecule has 114 valence electrons. The summed E-state index contributed by atoms with van der Waals surface area (Å²) >= 11 is 0. The molecule has 1 aromatic carbocycles. The third-order valence-electron chi connectivity index (χ3n) is 3.77. The fraction of sp³-hybridized carbons (Fsp3) is 0.471.